The molecule has 2 N–H and O–H groups in total. The highest BCUT2D eigenvalue weighted by Gasteiger charge is 2.16. The number of para-hydroxylation sites is 2. The normalized spacial score (nSPS) is 15.6. The Morgan fingerprint density at radius 3 is 2.80 bits per heavy atom. The Morgan fingerprint density at radius 1 is 1.10 bits per heavy atom. The molecule has 1 aliphatic heterocycles. The van der Waals surface area contributed by atoms with Gasteiger partial charge in [-0.3, -0.25) is 9.69 Å². The molecule has 162 valence electrons. The van der Waals surface area contributed by atoms with Crippen molar-refractivity contribution in [3.63, 3.8) is 0 Å². The van der Waals surface area contributed by atoms with Crippen molar-refractivity contribution in [2.24, 2.45) is 0 Å². The van der Waals surface area contributed by atoms with E-state index in [-0.39, 0.29) is 12.5 Å². The number of aliphatic hydroxyl groups excluding tert-OH is 1. The average molecular weight is 414 g/mol. The van der Waals surface area contributed by atoms with Crippen LogP contribution in [0.15, 0.2) is 42.6 Å². The Kier molecular flexibility index (Phi) is 8.93. The third-order valence-electron chi connectivity index (χ3n) is 4.95. The molecule has 0 fully saturated rings. The first kappa shape index (κ1) is 22.1. The summed E-state index contributed by atoms with van der Waals surface area (Å²) in [5.74, 6) is 1.85. The van der Waals surface area contributed by atoms with Crippen molar-refractivity contribution in [2.75, 3.05) is 32.8 Å². The van der Waals surface area contributed by atoms with Crippen LogP contribution in [0, 0.1) is 0 Å². The molecule has 2 aromatic rings. The molecule has 0 saturated carbocycles. The van der Waals surface area contributed by atoms with Crippen molar-refractivity contribution < 1.29 is 19.4 Å². The zero-order chi connectivity index (χ0) is 21.0. The van der Waals surface area contributed by atoms with E-state index in [0.717, 1.165) is 37.8 Å². The van der Waals surface area contributed by atoms with Gasteiger partial charge in [0, 0.05) is 31.5 Å². The first-order valence-electron chi connectivity index (χ1n) is 10.7. The van der Waals surface area contributed by atoms with Crippen LogP contribution in [0.25, 0.3) is 0 Å². The Morgan fingerprint density at radius 2 is 1.93 bits per heavy atom. The molecule has 1 aromatic heterocycles. The van der Waals surface area contributed by atoms with Gasteiger partial charge in [-0.2, -0.15) is 0 Å². The molecule has 1 aliphatic rings. The molecule has 0 atom stereocenters. The van der Waals surface area contributed by atoms with E-state index in [9.17, 15) is 4.79 Å². The zero-order valence-electron chi connectivity index (χ0n) is 17.4. The van der Waals surface area contributed by atoms with Gasteiger partial charge in [0.25, 0.3) is 0 Å². The maximum Gasteiger partial charge on any atom is 0.234 e. The summed E-state index contributed by atoms with van der Waals surface area (Å²) in [5.41, 5.74) is 0.924. The van der Waals surface area contributed by atoms with Crippen LogP contribution in [0.2, 0.25) is 0 Å². The highest BCUT2D eigenvalue weighted by atomic mass is 16.5. The minimum Gasteiger partial charge on any atom is -0.490 e. The van der Waals surface area contributed by atoms with Crippen LogP contribution in [-0.2, 0) is 11.3 Å². The second-order valence-corrected chi connectivity index (χ2v) is 7.42. The van der Waals surface area contributed by atoms with E-state index in [1.54, 1.807) is 6.20 Å². The number of fused-ring (bicyclic) bond motifs is 2. The van der Waals surface area contributed by atoms with Crippen molar-refractivity contribution in [1.29, 1.82) is 0 Å². The summed E-state index contributed by atoms with van der Waals surface area (Å²) in [4.78, 5) is 18.9. The molecular weight excluding hydrogens is 382 g/mol. The number of ether oxygens (including phenoxy) is 2. The zero-order valence-corrected chi connectivity index (χ0v) is 17.4. The third kappa shape index (κ3) is 7.00. The van der Waals surface area contributed by atoms with E-state index in [4.69, 9.17) is 14.6 Å². The summed E-state index contributed by atoms with van der Waals surface area (Å²) >= 11 is 0. The first-order chi connectivity index (χ1) is 14.8. The van der Waals surface area contributed by atoms with Crippen molar-refractivity contribution >= 4 is 5.91 Å². The van der Waals surface area contributed by atoms with E-state index in [1.807, 2.05) is 36.4 Å². The smallest absolute Gasteiger partial charge is 0.234 e. The van der Waals surface area contributed by atoms with E-state index in [0.29, 0.717) is 50.0 Å². The number of carbonyl (C=O) groups excluding carboxylic acids is 1. The van der Waals surface area contributed by atoms with Crippen LogP contribution in [0.3, 0.4) is 0 Å². The number of aromatic nitrogens is 1. The fourth-order valence-electron chi connectivity index (χ4n) is 3.39. The molecule has 7 nitrogen and oxygen atoms in total. The van der Waals surface area contributed by atoms with Crippen molar-refractivity contribution in [3.05, 3.63) is 48.2 Å². The monoisotopic (exact) mass is 413 g/mol. The number of carbonyl (C=O) groups is 1. The van der Waals surface area contributed by atoms with E-state index >= 15 is 0 Å². The number of nitrogens with zero attached hydrogens (tertiary/aromatic N) is 2. The highest BCUT2D eigenvalue weighted by molar-refractivity contribution is 5.78. The van der Waals surface area contributed by atoms with Gasteiger partial charge in [-0.25, -0.2) is 4.98 Å². The van der Waals surface area contributed by atoms with Crippen LogP contribution in [0.4, 0.5) is 0 Å². The number of hydrogen-bond acceptors (Lipinski definition) is 6. The number of nitrogens with one attached hydrogen (secondary N) is 1. The van der Waals surface area contributed by atoms with E-state index < -0.39 is 0 Å². The topological polar surface area (TPSA) is 83.9 Å². The summed E-state index contributed by atoms with van der Waals surface area (Å²) in [6, 6.07) is 11.5. The molecule has 0 saturated heterocycles. The lowest BCUT2D eigenvalue weighted by Gasteiger charge is -2.23. The fourth-order valence-corrected chi connectivity index (χ4v) is 3.39. The summed E-state index contributed by atoms with van der Waals surface area (Å²) in [6.45, 7) is 2.90. The number of hydrogen-bond donors (Lipinski definition) is 2. The number of pyridine rings is 1. The van der Waals surface area contributed by atoms with Gasteiger partial charge in [-0.1, -0.05) is 31.0 Å². The Labute approximate surface area is 178 Å². The molecule has 1 aromatic carbocycles. The molecule has 0 aliphatic carbocycles. The molecule has 0 radical (unpaired) electrons. The molecular formula is C23H31N3O4. The van der Waals surface area contributed by atoms with Crippen LogP contribution < -0.4 is 14.8 Å². The van der Waals surface area contributed by atoms with Crippen molar-refractivity contribution in [1.82, 2.24) is 15.2 Å². The first-order valence-corrected chi connectivity index (χ1v) is 10.7. The molecule has 30 heavy (non-hydrogen) atoms. The van der Waals surface area contributed by atoms with Crippen LogP contribution in [0.5, 0.6) is 17.4 Å². The second kappa shape index (κ2) is 12.1. The lowest BCUT2D eigenvalue weighted by Crippen LogP contribution is -2.38. The Hall–Kier alpha value is -2.64. The van der Waals surface area contributed by atoms with Crippen molar-refractivity contribution in [2.45, 2.75) is 38.6 Å². The molecule has 3 rings (SSSR count). The predicted octanol–water partition coefficient (Wildman–Crippen LogP) is 3.13. The lowest BCUT2D eigenvalue weighted by molar-refractivity contribution is -0.122. The minimum atomic E-state index is -0.0327. The van der Waals surface area contributed by atoms with Crippen LogP contribution >= 0.6 is 0 Å². The van der Waals surface area contributed by atoms with Gasteiger partial charge in [-0.15, -0.1) is 0 Å². The van der Waals surface area contributed by atoms with Crippen LogP contribution in [0.1, 0.15) is 37.7 Å². The Balaban J connectivity index is 1.77. The lowest BCUT2D eigenvalue weighted by atomic mass is 10.1. The molecule has 0 unspecified atom stereocenters. The molecule has 0 bridgehead atoms. The van der Waals surface area contributed by atoms with Gasteiger partial charge < -0.3 is 19.9 Å². The minimum absolute atomic E-state index is 0.0327. The quantitative estimate of drug-likeness (QED) is 0.733. The average Bonchev–Trinajstić information content (AvgIpc) is 2.75. The fraction of sp³-hybridized carbons (Fsp3) is 0.478. The molecule has 7 heteroatoms. The van der Waals surface area contributed by atoms with Gasteiger partial charge in [0.2, 0.25) is 11.8 Å². The van der Waals surface area contributed by atoms with E-state index in [2.05, 4.69) is 15.2 Å². The maximum atomic E-state index is 12.3. The summed E-state index contributed by atoms with van der Waals surface area (Å²) < 4.78 is 12.1. The second-order valence-electron chi connectivity index (χ2n) is 7.42. The number of rotatable bonds is 5. The SMILES string of the molecule is O=C(CN1CCCCCCOc2ccccc2Oc2ncccc2C1)NCCCO. The maximum absolute atomic E-state index is 12.3. The molecule has 2 heterocycles. The van der Waals surface area contributed by atoms with Gasteiger partial charge >= 0.3 is 0 Å². The molecule has 1 amide bonds. The summed E-state index contributed by atoms with van der Waals surface area (Å²) in [5, 5.41) is 11.8. The largest absolute Gasteiger partial charge is 0.490 e. The van der Waals surface area contributed by atoms with Crippen molar-refractivity contribution in [3.8, 4) is 17.4 Å². The van der Waals surface area contributed by atoms with E-state index in [1.165, 1.54) is 0 Å². The summed E-state index contributed by atoms with van der Waals surface area (Å²) in [7, 11) is 0. The highest BCUT2D eigenvalue weighted by Crippen LogP contribution is 2.32. The number of amides is 1. The van der Waals surface area contributed by atoms with Gasteiger partial charge in [-0.05, 0) is 44.0 Å². The van der Waals surface area contributed by atoms with Gasteiger partial charge in [0.05, 0.1) is 13.2 Å². The standard InChI is InChI=1S/C23H31N3O4/c27-15-8-13-24-22(28)18-26-14-5-1-2-6-16-29-20-10-3-4-11-21(20)30-23-19(17-26)9-7-12-25-23/h3-4,7,9-12,27H,1-2,5-6,8,13-18H2,(H,24,28). The number of aliphatic hydroxyl groups is 1. The predicted molar refractivity (Wildman–Crippen MR) is 115 cm³/mol. The molecule has 0 spiro atoms. The number of benzene rings is 1. The van der Waals surface area contributed by atoms with Gasteiger partial charge in [0.15, 0.2) is 11.5 Å². The summed E-state index contributed by atoms with van der Waals surface area (Å²) in [6.07, 6.45) is 6.43. The Bertz CT molecular complexity index is 800. The third-order valence-corrected chi connectivity index (χ3v) is 4.95. The van der Waals surface area contributed by atoms with Crippen LogP contribution in [-0.4, -0.2) is 53.7 Å². The van der Waals surface area contributed by atoms with Gasteiger partial charge in [0.1, 0.15) is 0 Å².